The first-order valence-electron chi connectivity index (χ1n) is 4.63. The summed E-state index contributed by atoms with van der Waals surface area (Å²) in [7, 11) is 1.56. The minimum atomic E-state index is -0.223. The maximum atomic E-state index is 13.2. The van der Waals surface area contributed by atoms with Crippen molar-refractivity contribution in [3.63, 3.8) is 0 Å². The van der Waals surface area contributed by atoms with E-state index in [0.29, 0.717) is 24.2 Å². The van der Waals surface area contributed by atoms with E-state index < -0.39 is 0 Å². The summed E-state index contributed by atoms with van der Waals surface area (Å²) < 4.78 is 18.3. The number of halogens is 1. The molecule has 0 radical (unpaired) electrons. The van der Waals surface area contributed by atoms with Crippen LogP contribution >= 0.6 is 0 Å². The summed E-state index contributed by atoms with van der Waals surface area (Å²) in [5.41, 5.74) is 1.46. The van der Waals surface area contributed by atoms with Gasteiger partial charge in [-0.3, -0.25) is 0 Å². The van der Waals surface area contributed by atoms with Crippen LogP contribution in [-0.4, -0.2) is 18.8 Å². The van der Waals surface area contributed by atoms with Gasteiger partial charge in [0.2, 0.25) is 0 Å². The van der Waals surface area contributed by atoms with Crippen molar-refractivity contribution in [3.8, 4) is 5.75 Å². The van der Waals surface area contributed by atoms with Gasteiger partial charge in [-0.1, -0.05) is 0 Å². The highest BCUT2D eigenvalue weighted by Gasteiger charge is 2.09. The molecule has 0 saturated heterocycles. The molecule has 0 aliphatic carbocycles. The largest absolute Gasteiger partial charge is 0.496 e. The lowest BCUT2D eigenvalue weighted by atomic mass is 10.0. The second kappa shape index (κ2) is 4.96. The van der Waals surface area contributed by atoms with Crippen molar-refractivity contribution in [1.82, 2.24) is 0 Å². The lowest BCUT2D eigenvalue weighted by Gasteiger charge is -2.11. The van der Waals surface area contributed by atoms with Crippen LogP contribution in [0.2, 0.25) is 0 Å². The molecule has 1 aromatic rings. The van der Waals surface area contributed by atoms with Crippen LogP contribution in [0.15, 0.2) is 12.1 Å². The van der Waals surface area contributed by atoms with Crippen LogP contribution in [0.3, 0.4) is 0 Å². The maximum Gasteiger partial charge on any atom is 0.126 e. The Morgan fingerprint density at radius 2 is 2.14 bits per heavy atom. The molecule has 1 N–H and O–H groups in total. The molecule has 1 aromatic carbocycles. The number of rotatable bonds is 4. The third-order valence-electron chi connectivity index (χ3n) is 2.29. The fourth-order valence-electron chi connectivity index (χ4n) is 1.46. The van der Waals surface area contributed by atoms with Crippen molar-refractivity contribution in [2.75, 3.05) is 13.7 Å². The highest BCUT2D eigenvalue weighted by Crippen LogP contribution is 2.25. The fraction of sp³-hybridized carbons (Fsp3) is 0.455. The Morgan fingerprint density at radius 3 is 2.71 bits per heavy atom. The molecule has 0 aromatic heterocycles. The van der Waals surface area contributed by atoms with Gasteiger partial charge >= 0.3 is 0 Å². The highest BCUT2D eigenvalue weighted by molar-refractivity contribution is 5.40. The van der Waals surface area contributed by atoms with Gasteiger partial charge in [-0.05, 0) is 37.5 Å². The molecule has 78 valence electrons. The smallest absolute Gasteiger partial charge is 0.126 e. The molecule has 3 heteroatoms. The molecular formula is C11H15FO2. The SMILES string of the molecule is COc1ccc(F)c(C)c1CCCO. The quantitative estimate of drug-likeness (QED) is 0.802. The third kappa shape index (κ3) is 2.23. The molecule has 0 amide bonds. The second-order valence-electron chi connectivity index (χ2n) is 3.18. The molecule has 14 heavy (non-hydrogen) atoms. The van der Waals surface area contributed by atoms with Gasteiger partial charge in [-0.25, -0.2) is 4.39 Å². The Balaban J connectivity index is 3.01. The summed E-state index contributed by atoms with van der Waals surface area (Å²) in [6, 6.07) is 3.02. The summed E-state index contributed by atoms with van der Waals surface area (Å²) in [6.45, 7) is 1.84. The van der Waals surface area contributed by atoms with Gasteiger partial charge in [0.25, 0.3) is 0 Å². The Bertz CT molecular complexity index is 310. The van der Waals surface area contributed by atoms with Gasteiger partial charge in [-0.15, -0.1) is 0 Å². The van der Waals surface area contributed by atoms with Gasteiger partial charge in [0, 0.05) is 12.2 Å². The number of aliphatic hydroxyl groups is 1. The number of ether oxygens (including phenoxy) is 1. The summed E-state index contributed by atoms with van der Waals surface area (Å²) in [4.78, 5) is 0. The number of hydrogen-bond donors (Lipinski definition) is 1. The van der Waals surface area contributed by atoms with Crippen molar-refractivity contribution in [3.05, 3.63) is 29.1 Å². The average Bonchev–Trinajstić information content (AvgIpc) is 2.20. The normalized spacial score (nSPS) is 10.3. The van der Waals surface area contributed by atoms with E-state index in [1.807, 2.05) is 0 Å². The van der Waals surface area contributed by atoms with Crippen LogP contribution in [0.4, 0.5) is 4.39 Å². The first-order chi connectivity index (χ1) is 6.70. The lowest BCUT2D eigenvalue weighted by molar-refractivity contribution is 0.287. The molecule has 0 aliphatic rings. The van der Waals surface area contributed by atoms with Crippen molar-refractivity contribution in [1.29, 1.82) is 0 Å². The fourth-order valence-corrected chi connectivity index (χ4v) is 1.46. The van der Waals surface area contributed by atoms with E-state index in [9.17, 15) is 4.39 Å². The number of benzene rings is 1. The minimum absolute atomic E-state index is 0.110. The summed E-state index contributed by atoms with van der Waals surface area (Å²) >= 11 is 0. The van der Waals surface area contributed by atoms with E-state index in [4.69, 9.17) is 9.84 Å². The van der Waals surface area contributed by atoms with Gasteiger partial charge in [0.05, 0.1) is 7.11 Å². The van der Waals surface area contributed by atoms with Gasteiger partial charge in [0.1, 0.15) is 11.6 Å². The van der Waals surface area contributed by atoms with Gasteiger partial charge < -0.3 is 9.84 Å². The zero-order chi connectivity index (χ0) is 10.6. The van der Waals surface area contributed by atoms with E-state index in [2.05, 4.69) is 0 Å². The number of hydrogen-bond acceptors (Lipinski definition) is 2. The monoisotopic (exact) mass is 198 g/mol. The molecule has 0 aliphatic heterocycles. The number of aliphatic hydroxyl groups excluding tert-OH is 1. The Hall–Kier alpha value is -1.09. The zero-order valence-corrected chi connectivity index (χ0v) is 8.51. The van der Waals surface area contributed by atoms with Crippen LogP contribution in [0.25, 0.3) is 0 Å². The van der Waals surface area contributed by atoms with Crippen LogP contribution in [0, 0.1) is 12.7 Å². The Morgan fingerprint density at radius 1 is 1.43 bits per heavy atom. The standard InChI is InChI=1S/C11H15FO2/c1-8-9(4-3-7-13)11(14-2)6-5-10(8)12/h5-6,13H,3-4,7H2,1-2H3. The molecule has 0 atom stereocenters. The van der Waals surface area contributed by atoms with Crippen molar-refractivity contribution < 1.29 is 14.2 Å². The zero-order valence-electron chi connectivity index (χ0n) is 8.51. The second-order valence-corrected chi connectivity index (χ2v) is 3.18. The summed E-state index contributed by atoms with van der Waals surface area (Å²) in [5.74, 6) is 0.469. The molecule has 0 saturated carbocycles. The molecule has 0 heterocycles. The Labute approximate surface area is 83.3 Å². The highest BCUT2D eigenvalue weighted by atomic mass is 19.1. The molecule has 0 spiro atoms. The van der Waals surface area contributed by atoms with E-state index in [-0.39, 0.29) is 12.4 Å². The van der Waals surface area contributed by atoms with Gasteiger partial charge in [0.15, 0.2) is 0 Å². The van der Waals surface area contributed by atoms with Crippen LogP contribution in [0.1, 0.15) is 17.5 Å². The van der Waals surface area contributed by atoms with E-state index >= 15 is 0 Å². The topological polar surface area (TPSA) is 29.5 Å². The molecule has 2 nitrogen and oxygen atoms in total. The van der Waals surface area contributed by atoms with E-state index in [1.165, 1.54) is 6.07 Å². The predicted molar refractivity (Wildman–Crippen MR) is 53.1 cm³/mol. The van der Waals surface area contributed by atoms with Crippen LogP contribution in [-0.2, 0) is 6.42 Å². The first kappa shape index (κ1) is 11.0. The van der Waals surface area contributed by atoms with Crippen LogP contribution < -0.4 is 4.74 Å². The third-order valence-corrected chi connectivity index (χ3v) is 2.29. The lowest BCUT2D eigenvalue weighted by Crippen LogP contribution is -1.99. The summed E-state index contributed by atoms with van der Waals surface area (Å²) in [5, 5.41) is 8.72. The molecule has 0 fully saturated rings. The average molecular weight is 198 g/mol. The van der Waals surface area contributed by atoms with E-state index in [1.54, 1.807) is 20.1 Å². The minimum Gasteiger partial charge on any atom is -0.496 e. The molecule has 0 bridgehead atoms. The number of methoxy groups -OCH3 is 1. The van der Waals surface area contributed by atoms with Gasteiger partial charge in [-0.2, -0.15) is 0 Å². The first-order valence-corrected chi connectivity index (χ1v) is 4.63. The van der Waals surface area contributed by atoms with Crippen LogP contribution in [0.5, 0.6) is 5.75 Å². The predicted octanol–water partition coefficient (Wildman–Crippen LogP) is 2.07. The van der Waals surface area contributed by atoms with E-state index in [0.717, 1.165) is 5.56 Å². The molecule has 1 rings (SSSR count). The van der Waals surface area contributed by atoms with Crippen molar-refractivity contribution >= 4 is 0 Å². The molecule has 0 unspecified atom stereocenters. The van der Waals surface area contributed by atoms with Crippen molar-refractivity contribution in [2.24, 2.45) is 0 Å². The maximum absolute atomic E-state index is 13.2. The summed E-state index contributed by atoms with van der Waals surface area (Å²) in [6.07, 6.45) is 1.27. The Kier molecular flexibility index (Phi) is 3.89. The molecular weight excluding hydrogens is 183 g/mol. The van der Waals surface area contributed by atoms with Crippen molar-refractivity contribution in [2.45, 2.75) is 19.8 Å².